The van der Waals surface area contributed by atoms with E-state index in [0.29, 0.717) is 18.0 Å². The first-order valence-electron chi connectivity index (χ1n) is 10.3. The molecule has 1 aromatic carbocycles. The van der Waals surface area contributed by atoms with Gasteiger partial charge >= 0.3 is 0 Å². The molecule has 1 aliphatic rings. The fourth-order valence-electron chi connectivity index (χ4n) is 3.83. The van der Waals surface area contributed by atoms with Crippen LogP contribution in [0.3, 0.4) is 0 Å². The summed E-state index contributed by atoms with van der Waals surface area (Å²) in [6.07, 6.45) is 6.07. The predicted molar refractivity (Wildman–Crippen MR) is 120 cm³/mol. The highest BCUT2D eigenvalue weighted by Crippen LogP contribution is 2.31. The Morgan fingerprint density at radius 3 is 2.87 bits per heavy atom. The Labute approximate surface area is 182 Å². The molecule has 31 heavy (non-hydrogen) atoms. The number of nitrogens with two attached hydrogens (primary N) is 1. The summed E-state index contributed by atoms with van der Waals surface area (Å²) in [5, 5.41) is 4.28. The van der Waals surface area contributed by atoms with E-state index in [1.165, 1.54) is 16.7 Å². The third-order valence-electron chi connectivity index (χ3n) is 5.49. The molecule has 0 spiro atoms. The summed E-state index contributed by atoms with van der Waals surface area (Å²) in [7, 11) is 2.14. The number of likely N-dealkylation sites (N-methyl/N-ethyl adjacent to an activating group) is 1. The lowest BCUT2D eigenvalue weighted by Crippen LogP contribution is -2.27. The van der Waals surface area contributed by atoms with Gasteiger partial charge in [0.05, 0.1) is 24.3 Å². The lowest BCUT2D eigenvalue weighted by Gasteiger charge is -2.27. The van der Waals surface area contributed by atoms with Gasteiger partial charge in [-0.3, -0.25) is 4.68 Å². The SMILES string of the molecule is [C-]#[N+]C(C)(C)Cn1cc(Oc2nc(-c3cc(C)c4c(c3)CN(C)CC4)cnc2N)cn1. The van der Waals surface area contributed by atoms with E-state index in [1.54, 1.807) is 23.3 Å². The molecule has 1 aliphatic heterocycles. The smallest absolute Gasteiger partial charge is 0.263 e. The maximum atomic E-state index is 7.27. The van der Waals surface area contributed by atoms with E-state index in [2.05, 4.69) is 50.9 Å². The van der Waals surface area contributed by atoms with Crippen molar-refractivity contribution < 1.29 is 4.74 Å². The molecule has 8 nitrogen and oxygen atoms in total. The molecule has 0 bridgehead atoms. The van der Waals surface area contributed by atoms with Gasteiger partial charge in [0.2, 0.25) is 5.54 Å². The van der Waals surface area contributed by atoms with Crippen molar-refractivity contribution >= 4 is 5.82 Å². The van der Waals surface area contributed by atoms with Gasteiger partial charge in [-0.2, -0.15) is 5.10 Å². The van der Waals surface area contributed by atoms with Crippen molar-refractivity contribution in [1.29, 1.82) is 0 Å². The first-order valence-corrected chi connectivity index (χ1v) is 10.3. The number of rotatable bonds is 5. The molecular formula is C23H27N7O. The van der Waals surface area contributed by atoms with Gasteiger partial charge in [0, 0.05) is 32.5 Å². The highest BCUT2D eigenvalue weighted by atomic mass is 16.5. The van der Waals surface area contributed by atoms with Gasteiger partial charge in [-0.25, -0.2) is 16.5 Å². The normalized spacial score (nSPS) is 14.2. The van der Waals surface area contributed by atoms with E-state index in [9.17, 15) is 0 Å². The van der Waals surface area contributed by atoms with Gasteiger partial charge in [-0.1, -0.05) is 0 Å². The van der Waals surface area contributed by atoms with Crippen molar-refractivity contribution in [2.75, 3.05) is 19.3 Å². The Kier molecular flexibility index (Phi) is 5.38. The van der Waals surface area contributed by atoms with Gasteiger partial charge in [-0.15, -0.1) is 0 Å². The van der Waals surface area contributed by atoms with Crippen LogP contribution in [0.15, 0.2) is 30.7 Å². The highest BCUT2D eigenvalue weighted by Gasteiger charge is 2.24. The second-order valence-corrected chi connectivity index (χ2v) is 8.76. The van der Waals surface area contributed by atoms with E-state index < -0.39 is 5.54 Å². The van der Waals surface area contributed by atoms with Gasteiger partial charge in [0.15, 0.2) is 11.6 Å². The number of aryl methyl sites for hydroxylation is 1. The van der Waals surface area contributed by atoms with Gasteiger partial charge < -0.3 is 20.2 Å². The minimum atomic E-state index is -0.541. The van der Waals surface area contributed by atoms with Crippen molar-refractivity contribution in [3.05, 3.63) is 58.8 Å². The molecule has 3 heterocycles. The summed E-state index contributed by atoms with van der Waals surface area (Å²) in [4.78, 5) is 14.9. The monoisotopic (exact) mass is 417 g/mol. The number of ether oxygens (including phenoxy) is 1. The minimum Gasteiger partial charge on any atom is -0.433 e. The number of aromatic nitrogens is 4. The molecular weight excluding hydrogens is 390 g/mol. The average Bonchev–Trinajstić information content (AvgIpc) is 3.15. The summed E-state index contributed by atoms with van der Waals surface area (Å²) in [5.41, 5.74) is 11.2. The Hall–Kier alpha value is -3.44. The maximum absolute atomic E-state index is 7.27. The Morgan fingerprint density at radius 2 is 2.10 bits per heavy atom. The molecule has 0 unspecified atom stereocenters. The molecule has 0 saturated carbocycles. The van der Waals surface area contributed by atoms with Crippen LogP contribution in [0.2, 0.25) is 0 Å². The summed E-state index contributed by atoms with van der Waals surface area (Å²) in [6.45, 7) is 15.6. The van der Waals surface area contributed by atoms with Crippen molar-refractivity contribution in [3.8, 4) is 22.9 Å². The summed E-state index contributed by atoms with van der Waals surface area (Å²) < 4.78 is 7.58. The zero-order valence-electron chi connectivity index (χ0n) is 18.4. The number of nitrogens with zero attached hydrogens (tertiary/aromatic N) is 6. The fourth-order valence-corrected chi connectivity index (χ4v) is 3.83. The highest BCUT2D eigenvalue weighted by molar-refractivity contribution is 5.64. The molecule has 0 aliphatic carbocycles. The molecule has 8 heteroatoms. The Bertz CT molecular complexity index is 1160. The van der Waals surface area contributed by atoms with Crippen LogP contribution in [-0.2, 0) is 19.5 Å². The molecule has 4 rings (SSSR count). The van der Waals surface area contributed by atoms with E-state index >= 15 is 0 Å². The zero-order valence-corrected chi connectivity index (χ0v) is 18.4. The van der Waals surface area contributed by atoms with Crippen LogP contribution in [0.5, 0.6) is 11.6 Å². The number of fused-ring (bicyclic) bond motifs is 1. The number of anilines is 1. The molecule has 0 fully saturated rings. The first-order chi connectivity index (χ1) is 14.7. The quantitative estimate of drug-likeness (QED) is 0.637. The third kappa shape index (κ3) is 4.52. The fraction of sp³-hybridized carbons (Fsp3) is 0.391. The zero-order chi connectivity index (χ0) is 22.2. The lowest BCUT2D eigenvalue weighted by molar-refractivity contribution is 0.312. The largest absolute Gasteiger partial charge is 0.433 e. The average molecular weight is 418 g/mol. The topological polar surface area (TPSA) is 86.5 Å². The van der Waals surface area contributed by atoms with Crippen molar-refractivity contribution in [2.45, 2.75) is 45.8 Å². The van der Waals surface area contributed by atoms with Crippen LogP contribution in [-0.4, -0.2) is 43.8 Å². The standard InChI is InChI=1S/C23H27N7O/c1-15-8-16(9-17-12-29(5)7-6-19(15)17)20-11-26-21(24)22(28-20)31-18-10-27-30(13-18)14-23(2,3)25-4/h8-11,13H,6-7,12,14H2,1-3,5H3,(H2,24,26). The number of nitrogen functional groups attached to an aromatic ring is 1. The number of hydrogen-bond donors (Lipinski definition) is 1. The summed E-state index contributed by atoms with van der Waals surface area (Å²) in [6, 6.07) is 4.34. The molecule has 0 amide bonds. The first kappa shape index (κ1) is 20.8. The minimum absolute atomic E-state index is 0.215. The van der Waals surface area contributed by atoms with Crippen LogP contribution >= 0.6 is 0 Å². The molecule has 0 radical (unpaired) electrons. The molecule has 3 aromatic rings. The predicted octanol–water partition coefficient (Wildman–Crippen LogP) is 3.71. The van der Waals surface area contributed by atoms with E-state index in [-0.39, 0.29) is 11.7 Å². The Balaban J connectivity index is 1.60. The van der Waals surface area contributed by atoms with E-state index in [4.69, 9.17) is 17.0 Å². The van der Waals surface area contributed by atoms with Crippen LogP contribution in [0.4, 0.5) is 5.82 Å². The molecule has 0 saturated heterocycles. The van der Waals surface area contributed by atoms with E-state index in [1.807, 2.05) is 13.8 Å². The summed E-state index contributed by atoms with van der Waals surface area (Å²) >= 11 is 0. The number of benzene rings is 1. The van der Waals surface area contributed by atoms with Gasteiger partial charge in [-0.05, 0) is 49.2 Å². The van der Waals surface area contributed by atoms with Crippen molar-refractivity contribution in [3.63, 3.8) is 0 Å². The van der Waals surface area contributed by atoms with E-state index in [0.717, 1.165) is 25.1 Å². The molecule has 2 N–H and O–H groups in total. The van der Waals surface area contributed by atoms with Gasteiger partial charge in [0.25, 0.3) is 5.88 Å². The van der Waals surface area contributed by atoms with Crippen LogP contribution in [0.1, 0.15) is 30.5 Å². The second kappa shape index (κ2) is 8.00. The number of hydrogen-bond acceptors (Lipinski definition) is 6. The van der Waals surface area contributed by atoms with Crippen LogP contribution in [0, 0.1) is 13.5 Å². The molecule has 160 valence electrons. The van der Waals surface area contributed by atoms with Crippen LogP contribution < -0.4 is 10.5 Å². The maximum Gasteiger partial charge on any atom is 0.263 e. The second-order valence-electron chi connectivity index (χ2n) is 8.76. The van der Waals surface area contributed by atoms with Gasteiger partial charge in [0.1, 0.15) is 6.54 Å². The van der Waals surface area contributed by atoms with Crippen LogP contribution in [0.25, 0.3) is 16.1 Å². The molecule has 2 aromatic heterocycles. The lowest BCUT2D eigenvalue weighted by atomic mass is 9.92. The van der Waals surface area contributed by atoms with Crippen molar-refractivity contribution in [1.82, 2.24) is 24.6 Å². The molecule has 0 atom stereocenters. The summed E-state index contributed by atoms with van der Waals surface area (Å²) in [5.74, 6) is 0.962. The third-order valence-corrected chi connectivity index (χ3v) is 5.49. The Morgan fingerprint density at radius 1 is 1.29 bits per heavy atom. The van der Waals surface area contributed by atoms with Crippen molar-refractivity contribution in [2.24, 2.45) is 0 Å².